The van der Waals surface area contributed by atoms with Crippen molar-refractivity contribution < 1.29 is 0 Å². The highest BCUT2D eigenvalue weighted by molar-refractivity contribution is 6.81. The standard InChI is InChI=1S/C7H15NSi/c1-4-9(3)7-5-6-8(9)2/h4H,1,5-7H2,2-3H3. The van der Waals surface area contributed by atoms with Crippen LogP contribution in [0.1, 0.15) is 6.42 Å². The first-order valence-electron chi connectivity index (χ1n) is 3.54. The Morgan fingerprint density at radius 2 is 2.33 bits per heavy atom. The fourth-order valence-corrected chi connectivity index (χ4v) is 3.82. The monoisotopic (exact) mass is 141 g/mol. The second-order valence-electron chi connectivity index (χ2n) is 3.09. The van der Waals surface area contributed by atoms with Crippen molar-refractivity contribution in [2.24, 2.45) is 0 Å². The topological polar surface area (TPSA) is 3.24 Å². The summed E-state index contributed by atoms with van der Waals surface area (Å²) in [4.78, 5) is 0. The summed E-state index contributed by atoms with van der Waals surface area (Å²) in [7, 11) is 1.16. The van der Waals surface area contributed by atoms with Crippen LogP contribution < -0.4 is 0 Å². The van der Waals surface area contributed by atoms with Gasteiger partial charge in [-0.2, -0.15) is 0 Å². The lowest BCUT2D eigenvalue weighted by molar-refractivity contribution is 0.557. The summed E-state index contributed by atoms with van der Waals surface area (Å²) < 4.78 is 2.50. The van der Waals surface area contributed by atoms with E-state index in [0.29, 0.717) is 0 Å². The quantitative estimate of drug-likeness (QED) is 0.502. The number of hydrogen-bond acceptors (Lipinski definition) is 1. The Labute approximate surface area is 58.5 Å². The minimum atomic E-state index is -1.07. The van der Waals surface area contributed by atoms with E-state index in [4.69, 9.17) is 0 Å². The molecule has 52 valence electrons. The lowest BCUT2D eigenvalue weighted by atomic mass is 10.5. The van der Waals surface area contributed by atoms with E-state index in [1.165, 1.54) is 19.0 Å². The zero-order valence-corrected chi connectivity index (χ0v) is 7.35. The fraction of sp³-hybridized carbons (Fsp3) is 0.714. The smallest absolute Gasteiger partial charge is 0.149 e. The summed E-state index contributed by atoms with van der Waals surface area (Å²) in [5, 5.41) is 0. The molecule has 1 saturated heterocycles. The molecule has 0 spiro atoms. The van der Waals surface area contributed by atoms with Crippen LogP contribution in [0.25, 0.3) is 0 Å². The molecule has 0 aromatic heterocycles. The molecule has 0 aromatic carbocycles. The van der Waals surface area contributed by atoms with Crippen LogP contribution in [0, 0.1) is 0 Å². The maximum absolute atomic E-state index is 3.88. The van der Waals surface area contributed by atoms with Gasteiger partial charge in [0.05, 0.1) is 0 Å². The molecule has 9 heavy (non-hydrogen) atoms. The van der Waals surface area contributed by atoms with Crippen molar-refractivity contribution in [3.8, 4) is 0 Å². The molecule has 1 unspecified atom stereocenters. The minimum Gasteiger partial charge on any atom is -0.323 e. The largest absolute Gasteiger partial charge is 0.323 e. The molecule has 0 N–H and O–H groups in total. The predicted octanol–water partition coefficient (Wildman–Crippen LogP) is 1.62. The number of nitrogens with zero attached hydrogens (tertiary/aromatic N) is 1. The summed E-state index contributed by atoms with van der Waals surface area (Å²) in [5.41, 5.74) is 2.19. The zero-order chi connectivity index (χ0) is 6.91. The first kappa shape index (κ1) is 7.03. The highest BCUT2D eigenvalue weighted by Crippen LogP contribution is 2.24. The Bertz CT molecular complexity index is 124. The van der Waals surface area contributed by atoms with Crippen LogP contribution in [0.2, 0.25) is 12.6 Å². The van der Waals surface area contributed by atoms with Gasteiger partial charge in [-0.05, 0) is 26.1 Å². The Morgan fingerprint density at radius 3 is 2.56 bits per heavy atom. The summed E-state index contributed by atoms with van der Waals surface area (Å²) in [6, 6.07) is 1.41. The van der Waals surface area contributed by atoms with Gasteiger partial charge in [0.15, 0.2) is 0 Å². The van der Waals surface area contributed by atoms with Crippen LogP contribution in [0.5, 0.6) is 0 Å². The average molecular weight is 141 g/mol. The van der Waals surface area contributed by atoms with Crippen LogP contribution in [0.4, 0.5) is 0 Å². The van der Waals surface area contributed by atoms with Gasteiger partial charge in [-0.3, -0.25) is 0 Å². The second kappa shape index (κ2) is 2.27. The first-order chi connectivity index (χ1) is 4.19. The van der Waals surface area contributed by atoms with E-state index < -0.39 is 8.24 Å². The normalized spacial score (nSPS) is 37.1. The van der Waals surface area contributed by atoms with Crippen LogP contribution in [0.3, 0.4) is 0 Å². The van der Waals surface area contributed by atoms with Gasteiger partial charge in [-0.25, -0.2) is 0 Å². The van der Waals surface area contributed by atoms with Gasteiger partial charge in [0.1, 0.15) is 8.24 Å². The van der Waals surface area contributed by atoms with E-state index in [-0.39, 0.29) is 0 Å². The second-order valence-corrected chi connectivity index (χ2v) is 7.47. The highest BCUT2D eigenvalue weighted by atomic mass is 28.3. The van der Waals surface area contributed by atoms with E-state index in [2.05, 4.69) is 30.4 Å². The SMILES string of the molecule is C=C[Si]1(C)CCCN1C. The minimum absolute atomic E-state index is 1.07. The molecule has 1 fully saturated rings. The maximum Gasteiger partial charge on any atom is 0.149 e. The van der Waals surface area contributed by atoms with Crippen LogP contribution in [0.15, 0.2) is 12.3 Å². The van der Waals surface area contributed by atoms with E-state index in [9.17, 15) is 0 Å². The van der Waals surface area contributed by atoms with Crippen molar-refractivity contribution in [2.45, 2.75) is 19.0 Å². The molecule has 0 aliphatic carbocycles. The Hall–Kier alpha value is -0.0831. The van der Waals surface area contributed by atoms with Gasteiger partial charge < -0.3 is 4.57 Å². The molecule has 1 nitrogen and oxygen atoms in total. The van der Waals surface area contributed by atoms with Crippen molar-refractivity contribution in [3.05, 3.63) is 12.3 Å². The molecule has 2 heteroatoms. The third-order valence-corrected chi connectivity index (χ3v) is 6.70. The van der Waals surface area contributed by atoms with Gasteiger partial charge in [0.25, 0.3) is 0 Å². The van der Waals surface area contributed by atoms with Gasteiger partial charge in [-0.1, -0.05) is 12.2 Å². The molecule has 0 aromatic rings. The highest BCUT2D eigenvalue weighted by Gasteiger charge is 2.32. The molecule has 0 bridgehead atoms. The predicted molar refractivity (Wildman–Crippen MR) is 43.9 cm³/mol. The van der Waals surface area contributed by atoms with Gasteiger partial charge in [0.2, 0.25) is 0 Å². The summed E-state index contributed by atoms with van der Waals surface area (Å²) in [6.07, 6.45) is 1.38. The first-order valence-corrected chi connectivity index (χ1v) is 6.27. The molecule has 0 saturated carbocycles. The summed E-state index contributed by atoms with van der Waals surface area (Å²) in [6.45, 7) is 7.55. The molecular weight excluding hydrogens is 126 g/mol. The van der Waals surface area contributed by atoms with Gasteiger partial charge in [-0.15, -0.1) is 6.58 Å². The Balaban J connectivity index is 2.66. The van der Waals surface area contributed by atoms with E-state index in [0.717, 1.165) is 0 Å². The van der Waals surface area contributed by atoms with Crippen molar-refractivity contribution in [1.82, 2.24) is 4.57 Å². The number of hydrogen-bond donors (Lipinski definition) is 0. The molecule has 1 heterocycles. The molecule has 1 atom stereocenters. The molecule has 0 radical (unpaired) electrons. The lowest BCUT2D eigenvalue weighted by Gasteiger charge is -2.25. The summed E-state index contributed by atoms with van der Waals surface area (Å²) >= 11 is 0. The molecule has 1 aliphatic heterocycles. The summed E-state index contributed by atoms with van der Waals surface area (Å²) in [5.74, 6) is 0. The Kier molecular flexibility index (Phi) is 1.77. The van der Waals surface area contributed by atoms with Crippen molar-refractivity contribution in [1.29, 1.82) is 0 Å². The van der Waals surface area contributed by atoms with E-state index >= 15 is 0 Å². The van der Waals surface area contributed by atoms with E-state index in [1.54, 1.807) is 0 Å². The van der Waals surface area contributed by atoms with Gasteiger partial charge in [0, 0.05) is 0 Å². The third kappa shape index (κ3) is 1.09. The van der Waals surface area contributed by atoms with Crippen LogP contribution >= 0.6 is 0 Å². The third-order valence-electron chi connectivity index (χ3n) is 2.49. The van der Waals surface area contributed by atoms with Gasteiger partial charge >= 0.3 is 0 Å². The number of rotatable bonds is 1. The van der Waals surface area contributed by atoms with E-state index in [1.807, 2.05) is 0 Å². The lowest BCUT2D eigenvalue weighted by Crippen LogP contribution is -2.41. The van der Waals surface area contributed by atoms with Crippen LogP contribution in [-0.2, 0) is 0 Å². The van der Waals surface area contributed by atoms with Crippen molar-refractivity contribution >= 4 is 8.24 Å². The molecule has 1 aliphatic rings. The Morgan fingerprint density at radius 1 is 1.67 bits per heavy atom. The zero-order valence-electron chi connectivity index (χ0n) is 6.35. The molecular formula is C7H15NSi. The maximum atomic E-state index is 3.88. The van der Waals surface area contributed by atoms with Crippen molar-refractivity contribution in [2.75, 3.05) is 13.6 Å². The van der Waals surface area contributed by atoms with Crippen molar-refractivity contribution in [3.63, 3.8) is 0 Å². The van der Waals surface area contributed by atoms with Crippen LogP contribution in [-0.4, -0.2) is 26.4 Å². The average Bonchev–Trinajstić information content (AvgIpc) is 2.15. The molecule has 0 amide bonds. The molecule has 1 rings (SSSR count). The fourth-order valence-electron chi connectivity index (χ4n) is 1.38.